The lowest BCUT2D eigenvalue weighted by atomic mass is 9.92. The van der Waals surface area contributed by atoms with Crippen molar-refractivity contribution in [1.29, 1.82) is 0 Å². The van der Waals surface area contributed by atoms with Crippen LogP contribution in [0.2, 0.25) is 0 Å². The first-order valence-electron chi connectivity index (χ1n) is 8.62. The molecule has 0 aliphatic carbocycles. The highest BCUT2D eigenvalue weighted by Crippen LogP contribution is 2.23. The molecule has 0 fully saturated rings. The van der Waals surface area contributed by atoms with Gasteiger partial charge in [0.05, 0.1) is 5.56 Å². The molecule has 1 aliphatic rings. The number of nitrogens with one attached hydrogen (secondary N) is 3. The molecule has 1 aliphatic heterocycles. The zero-order valence-corrected chi connectivity index (χ0v) is 14.7. The van der Waals surface area contributed by atoms with Gasteiger partial charge in [-0.15, -0.1) is 0 Å². The van der Waals surface area contributed by atoms with E-state index in [1.165, 1.54) is 0 Å². The Kier molecular flexibility index (Phi) is 6.74. The first-order valence-corrected chi connectivity index (χ1v) is 8.62. The highest BCUT2D eigenvalue weighted by molar-refractivity contribution is 5.83. The Hall–Kier alpha value is -3.11. The highest BCUT2D eigenvalue weighted by Gasteiger charge is 2.23. The van der Waals surface area contributed by atoms with Crippen molar-refractivity contribution in [2.24, 2.45) is 5.92 Å². The molecule has 0 radical (unpaired) electrons. The fourth-order valence-corrected chi connectivity index (χ4v) is 3.00. The molecule has 1 aromatic heterocycles. The smallest absolute Gasteiger partial charge is 0.326 e. The number of anilines is 2. The van der Waals surface area contributed by atoms with Gasteiger partial charge in [0.15, 0.2) is 0 Å². The van der Waals surface area contributed by atoms with Crippen LogP contribution in [-0.2, 0) is 20.8 Å². The number of rotatable bonds is 9. The van der Waals surface area contributed by atoms with Crippen LogP contribution in [0.4, 0.5) is 11.8 Å². The van der Waals surface area contributed by atoms with E-state index < -0.39 is 23.9 Å². The number of aromatic amines is 1. The van der Waals surface area contributed by atoms with E-state index in [9.17, 15) is 19.2 Å². The molecule has 2 heterocycles. The van der Waals surface area contributed by atoms with Gasteiger partial charge in [-0.05, 0) is 31.6 Å². The normalized spacial score (nSPS) is 16.7. The van der Waals surface area contributed by atoms with Gasteiger partial charge in [0.1, 0.15) is 11.9 Å². The van der Waals surface area contributed by atoms with Gasteiger partial charge in [-0.1, -0.05) is 0 Å². The standard InChI is InChI=1S/C16H23N5O6/c17-16-20-13-9(14(25)21-16)6-8(7-18-13)2-1-3-11(22)19-10(15(26)27)4-5-12(23)24/h8,10H,1-7H2,(H,19,22)(H,23,24)(H,26,27)(H4,17,18,20,21,25)/t8-,10-/m0/s1. The molecular formula is C16H23N5O6. The number of carboxylic acid groups (broad SMARTS) is 2. The van der Waals surface area contributed by atoms with E-state index in [4.69, 9.17) is 15.9 Å². The number of nitrogens with two attached hydrogens (primary N) is 1. The molecule has 0 unspecified atom stereocenters. The summed E-state index contributed by atoms with van der Waals surface area (Å²) in [6, 6.07) is -1.22. The molecular weight excluding hydrogens is 358 g/mol. The van der Waals surface area contributed by atoms with Crippen LogP contribution in [0, 0.1) is 5.92 Å². The van der Waals surface area contributed by atoms with Crippen LogP contribution in [0.1, 0.15) is 37.7 Å². The van der Waals surface area contributed by atoms with E-state index in [-0.39, 0.29) is 36.7 Å². The van der Waals surface area contributed by atoms with Crippen molar-refractivity contribution in [3.63, 3.8) is 0 Å². The Morgan fingerprint density at radius 3 is 2.70 bits per heavy atom. The lowest BCUT2D eigenvalue weighted by molar-refractivity contribution is -0.143. The van der Waals surface area contributed by atoms with Gasteiger partial charge in [0.2, 0.25) is 11.9 Å². The second-order valence-corrected chi connectivity index (χ2v) is 6.51. The minimum Gasteiger partial charge on any atom is -0.481 e. The van der Waals surface area contributed by atoms with Gasteiger partial charge >= 0.3 is 11.9 Å². The van der Waals surface area contributed by atoms with Crippen molar-refractivity contribution in [2.45, 2.75) is 44.6 Å². The fourth-order valence-electron chi connectivity index (χ4n) is 3.00. The topological polar surface area (TPSA) is 187 Å². The molecule has 11 heteroatoms. The minimum atomic E-state index is -1.26. The number of aliphatic carboxylic acids is 2. The molecule has 0 spiro atoms. The third-order valence-electron chi connectivity index (χ3n) is 4.38. The van der Waals surface area contributed by atoms with Crippen molar-refractivity contribution in [2.75, 3.05) is 17.6 Å². The highest BCUT2D eigenvalue weighted by atomic mass is 16.4. The molecule has 1 aromatic rings. The van der Waals surface area contributed by atoms with Crippen LogP contribution in [0.5, 0.6) is 0 Å². The number of H-pyrrole nitrogens is 1. The van der Waals surface area contributed by atoms with E-state index in [0.29, 0.717) is 37.2 Å². The molecule has 148 valence electrons. The quantitative estimate of drug-likeness (QED) is 0.329. The molecule has 0 saturated heterocycles. The monoisotopic (exact) mass is 381 g/mol. The summed E-state index contributed by atoms with van der Waals surface area (Å²) in [4.78, 5) is 52.0. The first kappa shape index (κ1) is 20.2. The Labute approximate surface area is 154 Å². The maximum Gasteiger partial charge on any atom is 0.326 e. The number of carboxylic acids is 2. The number of carbonyl (C=O) groups is 3. The van der Waals surface area contributed by atoms with Crippen LogP contribution in [0.3, 0.4) is 0 Å². The number of fused-ring (bicyclic) bond motifs is 1. The minimum absolute atomic E-state index is 0.0530. The maximum absolute atomic E-state index is 11.9. The molecule has 11 nitrogen and oxygen atoms in total. The van der Waals surface area contributed by atoms with Crippen LogP contribution in [0.25, 0.3) is 0 Å². The Morgan fingerprint density at radius 1 is 1.30 bits per heavy atom. The number of hydrogen-bond acceptors (Lipinski definition) is 7. The molecule has 0 saturated carbocycles. The lowest BCUT2D eigenvalue weighted by Crippen LogP contribution is -2.41. The van der Waals surface area contributed by atoms with Crippen molar-refractivity contribution in [3.8, 4) is 0 Å². The first-order chi connectivity index (χ1) is 12.8. The third-order valence-corrected chi connectivity index (χ3v) is 4.38. The van der Waals surface area contributed by atoms with E-state index in [1.54, 1.807) is 0 Å². The molecule has 1 amide bonds. The zero-order valence-electron chi connectivity index (χ0n) is 14.7. The van der Waals surface area contributed by atoms with Gasteiger partial charge in [-0.3, -0.25) is 19.4 Å². The largest absolute Gasteiger partial charge is 0.481 e. The SMILES string of the molecule is Nc1nc2c(c(=O)[nH]1)C[C@H](CCCC(=O)N[C@@H](CCC(=O)O)C(=O)O)CN2. The van der Waals surface area contributed by atoms with Crippen LogP contribution in [0.15, 0.2) is 4.79 Å². The predicted octanol–water partition coefficient (Wildman–Crippen LogP) is -0.459. The van der Waals surface area contributed by atoms with Crippen molar-refractivity contribution < 1.29 is 24.6 Å². The van der Waals surface area contributed by atoms with Gasteiger partial charge in [-0.25, -0.2) is 4.79 Å². The van der Waals surface area contributed by atoms with Crippen LogP contribution in [-0.4, -0.2) is 50.6 Å². The van der Waals surface area contributed by atoms with Crippen molar-refractivity contribution in [1.82, 2.24) is 15.3 Å². The van der Waals surface area contributed by atoms with Crippen LogP contribution < -0.4 is 21.9 Å². The maximum atomic E-state index is 11.9. The number of nitrogen functional groups attached to an aromatic ring is 1. The Balaban J connectivity index is 1.78. The van der Waals surface area contributed by atoms with Crippen molar-refractivity contribution >= 4 is 29.6 Å². The number of hydrogen-bond donors (Lipinski definition) is 6. The second-order valence-electron chi connectivity index (χ2n) is 6.51. The number of carbonyl (C=O) groups excluding carboxylic acids is 1. The lowest BCUT2D eigenvalue weighted by Gasteiger charge is -2.24. The second kappa shape index (κ2) is 9.01. The summed E-state index contributed by atoms with van der Waals surface area (Å²) < 4.78 is 0. The van der Waals surface area contributed by atoms with Crippen LogP contribution >= 0.6 is 0 Å². The van der Waals surface area contributed by atoms with E-state index in [2.05, 4.69) is 20.6 Å². The fraction of sp³-hybridized carbons (Fsp3) is 0.562. The molecule has 27 heavy (non-hydrogen) atoms. The third kappa shape index (κ3) is 5.97. The van der Waals surface area contributed by atoms with Gasteiger partial charge in [0, 0.05) is 19.4 Å². The summed E-state index contributed by atoms with van der Waals surface area (Å²) in [7, 11) is 0. The van der Waals surface area contributed by atoms with Gasteiger partial charge < -0.3 is 26.6 Å². The average Bonchev–Trinajstić information content (AvgIpc) is 2.58. The van der Waals surface area contributed by atoms with Crippen molar-refractivity contribution in [3.05, 3.63) is 15.9 Å². The molecule has 7 N–H and O–H groups in total. The molecule has 2 rings (SSSR count). The summed E-state index contributed by atoms with van der Waals surface area (Å²) in [5.41, 5.74) is 5.75. The predicted molar refractivity (Wildman–Crippen MR) is 95.2 cm³/mol. The van der Waals surface area contributed by atoms with E-state index in [0.717, 1.165) is 0 Å². The average molecular weight is 381 g/mol. The van der Waals surface area contributed by atoms with Gasteiger partial charge in [0.25, 0.3) is 5.56 Å². The summed E-state index contributed by atoms with van der Waals surface area (Å²) in [6.45, 7) is 0.598. The molecule has 0 aromatic carbocycles. The number of nitrogens with zero attached hydrogens (tertiary/aromatic N) is 1. The summed E-state index contributed by atoms with van der Waals surface area (Å²) in [5.74, 6) is -2.15. The number of amides is 1. The molecule has 0 bridgehead atoms. The zero-order chi connectivity index (χ0) is 20.0. The summed E-state index contributed by atoms with van der Waals surface area (Å²) in [5, 5.41) is 23.1. The Morgan fingerprint density at radius 2 is 2.04 bits per heavy atom. The van der Waals surface area contributed by atoms with E-state index in [1.807, 2.05) is 0 Å². The van der Waals surface area contributed by atoms with Gasteiger partial charge in [-0.2, -0.15) is 4.98 Å². The number of aromatic nitrogens is 2. The van der Waals surface area contributed by atoms with E-state index >= 15 is 0 Å². The summed E-state index contributed by atoms with van der Waals surface area (Å²) >= 11 is 0. The Bertz CT molecular complexity index is 777. The molecule has 2 atom stereocenters. The summed E-state index contributed by atoms with van der Waals surface area (Å²) in [6.07, 6.45) is 1.31.